The molecule has 0 aliphatic carbocycles. The smallest absolute Gasteiger partial charge is 0.347 e. The van der Waals surface area contributed by atoms with Crippen molar-refractivity contribution in [1.29, 1.82) is 5.26 Å². The van der Waals surface area contributed by atoms with Crippen LogP contribution in [0.15, 0.2) is 48.0 Å². The van der Waals surface area contributed by atoms with Crippen LogP contribution in [0.3, 0.4) is 0 Å². The second-order valence-corrected chi connectivity index (χ2v) is 5.62. The molecular weight excluding hydrogens is 372 g/mol. The maximum Gasteiger partial charge on any atom is 0.416 e. The highest BCUT2D eigenvalue weighted by Crippen LogP contribution is 2.30. The van der Waals surface area contributed by atoms with Crippen molar-refractivity contribution in [2.75, 3.05) is 0 Å². The molecule has 0 saturated heterocycles. The van der Waals surface area contributed by atoms with Crippen molar-refractivity contribution >= 4 is 23.6 Å². The van der Waals surface area contributed by atoms with Gasteiger partial charge in [-0.3, -0.25) is 4.79 Å². The zero-order valence-corrected chi connectivity index (χ0v) is 13.8. The first-order valence-electron chi connectivity index (χ1n) is 7.22. The lowest BCUT2D eigenvalue weighted by molar-refractivity contribution is -0.137. The number of carbonyl (C=O) groups excluding carboxylic acids is 1. The van der Waals surface area contributed by atoms with Crippen LogP contribution in [-0.2, 0) is 17.5 Å². The van der Waals surface area contributed by atoms with Crippen molar-refractivity contribution < 1.29 is 22.4 Å². The summed E-state index contributed by atoms with van der Waals surface area (Å²) in [7, 11) is 0. The molecule has 0 aliphatic heterocycles. The van der Waals surface area contributed by atoms with Crippen LogP contribution in [0.4, 0.5) is 17.6 Å². The number of carbonyl (C=O) groups is 1. The van der Waals surface area contributed by atoms with Crippen LogP contribution in [0.1, 0.15) is 16.7 Å². The van der Waals surface area contributed by atoms with Gasteiger partial charge in [0, 0.05) is 11.6 Å². The fraction of sp³-hybridized carbons (Fsp3) is 0.111. The molecule has 0 aliphatic rings. The molecule has 0 atom stereocenters. The average Bonchev–Trinajstić information content (AvgIpc) is 2.57. The summed E-state index contributed by atoms with van der Waals surface area (Å²) in [5.41, 5.74) is -1.32. The summed E-state index contributed by atoms with van der Waals surface area (Å²) in [6.07, 6.45) is -3.86. The van der Waals surface area contributed by atoms with Gasteiger partial charge in [-0.05, 0) is 41.5 Å². The molecule has 26 heavy (non-hydrogen) atoms. The normalized spacial score (nSPS) is 11.8. The Labute approximate surface area is 151 Å². The minimum atomic E-state index is -4.75. The van der Waals surface area contributed by atoms with Crippen molar-refractivity contribution in [3.8, 4) is 6.07 Å². The Hall–Kier alpha value is -2.85. The minimum Gasteiger partial charge on any atom is -0.347 e. The van der Waals surface area contributed by atoms with E-state index in [2.05, 4.69) is 5.32 Å². The minimum absolute atomic E-state index is 0.0223. The molecule has 0 spiro atoms. The van der Waals surface area contributed by atoms with E-state index in [1.807, 2.05) is 0 Å². The topological polar surface area (TPSA) is 52.9 Å². The van der Waals surface area contributed by atoms with E-state index in [0.29, 0.717) is 22.7 Å². The van der Waals surface area contributed by atoms with E-state index in [0.717, 1.165) is 12.1 Å². The lowest BCUT2D eigenvalue weighted by atomic mass is 10.1. The predicted octanol–water partition coefficient (Wildman–Crippen LogP) is 4.72. The van der Waals surface area contributed by atoms with Crippen LogP contribution in [0.5, 0.6) is 0 Å². The van der Waals surface area contributed by atoms with Crippen LogP contribution >= 0.6 is 11.6 Å². The molecule has 0 saturated carbocycles. The summed E-state index contributed by atoms with van der Waals surface area (Å²) in [6.45, 7) is 0.0223. The Balaban J connectivity index is 2.22. The number of nitrogens with one attached hydrogen (secondary N) is 1. The summed E-state index contributed by atoms with van der Waals surface area (Å²) in [5, 5.41) is 11.9. The maximum atomic E-state index is 13.4. The Bertz CT molecular complexity index is 901. The van der Waals surface area contributed by atoms with Crippen molar-refractivity contribution in [1.82, 2.24) is 5.32 Å². The number of halogens is 5. The van der Waals surface area contributed by atoms with Gasteiger partial charge in [0.25, 0.3) is 5.91 Å². The van der Waals surface area contributed by atoms with E-state index in [1.54, 1.807) is 30.3 Å². The molecule has 2 aromatic carbocycles. The average molecular weight is 383 g/mol. The van der Waals surface area contributed by atoms with Gasteiger partial charge in [-0.15, -0.1) is 0 Å². The van der Waals surface area contributed by atoms with Gasteiger partial charge >= 0.3 is 6.18 Å². The maximum absolute atomic E-state index is 13.4. The Morgan fingerprint density at radius 3 is 2.54 bits per heavy atom. The van der Waals surface area contributed by atoms with Gasteiger partial charge in [0.1, 0.15) is 17.5 Å². The Morgan fingerprint density at radius 1 is 1.23 bits per heavy atom. The first-order chi connectivity index (χ1) is 12.2. The monoisotopic (exact) mass is 382 g/mol. The van der Waals surface area contributed by atoms with E-state index >= 15 is 0 Å². The Kier molecular flexibility index (Phi) is 6.01. The van der Waals surface area contributed by atoms with E-state index in [-0.39, 0.29) is 12.1 Å². The molecule has 0 heterocycles. The summed E-state index contributed by atoms with van der Waals surface area (Å²) in [5.74, 6) is -1.94. The summed E-state index contributed by atoms with van der Waals surface area (Å²) < 4.78 is 51.6. The van der Waals surface area contributed by atoms with Gasteiger partial charge in [-0.25, -0.2) is 4.39 Å². The number of nitriles is 1. The van der Waals surface area contributed by atoms with Crippen LogP contribution in [0.2, 0.25) is 5.02 Å². The van der Waals surface area contributed by atoms with Gasteiger partial charge in [-0.1, -0.05) is 29.8 Å². The molecule has 1 amide bonds. The highest BCUT2D eigenvalue weighted by molar-refractivity contribution is 6.31. The SMILES string of the molecule is N#C/C(=C\c1cc(F)cc(C(F)(F)F)c1)C(=O)NCc1ccccc1Cl. The molecule has 0 unspecified atom stereocenters. The third kappa shape index (κ3) is 5.07. The van der Waals surface area contributed by atoms with Crippen molar-refractivity contribution in [2.24, 2.45) is 0 Å². The van der Waals surface area contributed by atoms with E-state index in [9.17, 15) is 22.4 Å². The van der Waals surface area contributed by atoms with Crippen LogP contribution in [-0.4, -0.2) is 5.91 Å². The number of amides is 1. The predicted molar refractivity (Wildman–Crippen MR) is 88.3 cm³/mol. The number of benzene rings is 2. The van der Waals surface area contributed by atoms with E-state index < -0.39 is 29.0 Å². The molecule has 0 fully saturated rings. The molecule has 0 radical (unpaired) electrons. The third-order valence-electron chi connectivity index (χ3n) is 3.32. The first-order valence-corrected chi connectivity index (χ1v) is 7.59. The van der Waals surface area contributed by atoms with Crippen molar-refractivity contribution in [3.63, 3.8) is 0 Å². The highest BCUT2D eigenvalue weighted by Gasteiger charge is 2.31. The molecule has 2 aromatic rings. The number of rotatable bonds is 4. The molecular formula is C18H11ClF4N2O. The quantitative estimate of drug-likeness (QED) is 0.472. The molecule has 134 valence electrons. The summed E-state index contributed by atoms with van der Waals surface area (Å²) in [6, 6.07) is 10.1. The molecule has 0 aromatic heterocycles. The lowest BCUT2D eigenvalue weighted by Crippen LogP contribution is -2.24. The fourth-order valence-electron chi connectivity index (χ4n) is 2.09. The standard InChI is InChI=1S/C18H11ClF4N2O/c19-16-4-2-1-3-12(16)10-25-17(26)13(9-24)5-11-6-14(18(21,22)23)8-15(20)7-11/h1-8H,10H2,(H,25,26)/b13-5+. The van der Waals surface area contributed by atoms with Gasteiger partial charge in [0.05, 0.1) is 5.56 Å². The number of hydrogen-bond donors (Lipinski definition) is 1. The largest absolute Gasteiger partial charge is 0.416 e. The molecule has 1 N–H and O–H groups in total. The summed E-state index contributed by atoms with van der Waals surface area (Å²) in [4.78, 5) is 12.1. The number of hydrogen-bond acceptors (Lipinski definition) is 2. The Morgan fingerprint density at radius 2 is 1.92 bits per heavy atom. The molecule has 8 heteroatoms. The van der Waals surface area contributed by atoms with Gasteiger partial charge in [0.2, 0.25) is 0 Å². The second kappa shape index (κ2) is 8.02. The zero-order chi connectivity index (χ0) is 19.3. The molecule has 0 bridgehead atoms. The second-order valence-electron chi connectivity index (χ2n) is 5.21. The van der Waals surface area contributed by atoms with E-state index in [4.69, 9.17) is 16.9 Å². The number of nitrogens with zero attached hydrogens (tertiary/aromatic N) is 1. The fourth-order valence-corrected chi connectivity index (χ4v) is 2.29. The van der Waals surface area contributed by atoms with Crippen LogP contribution in [0.25, 0.3) is 6.08 Å². The zero-order valence-electron chi connectivity index (χ0n) is 13.1. The van der Waals surface area contributed by atoms with Crippen LogP contribution in [0, 0.1) is 17.1 Å². The van der Waals surface area contributed by atoms with Crippen molar-refractivity contribution in [2.45, 2.75) is 12.7 Å². The van der Waals surface area contributed by atoms with Gasteiger partial charge in [0.15, 0.2) is 0 Å². The number of alkyl halides is 3. The van der Waals surface area contributed by atoms with Gasteiger partial charge in [-0.2, -0.15) is 18.4 Å². The first kappa shape index (κ1) is 19.5. The highest BCUT2D eigenvalue weighted by atomic mass is 35.5. The van der Waals surface area contributed by atoms with Gasteiger partial charge < -0.3 is 5.32 Å². The third-order valence-corrected chi connectivity index (χ3v) is 3.69. The van der Waals surface area contributed by atoms with Crippen LogP contribution < -0.4 is 5.32 Å². The van der Waals surface area contributed by atoms with E-state index in [1.165, 1.54) is 0 Å². The molecule has 3 nitrogen and oxygen atoms in total. The van der Waals surface area contributed by atoms with Crippen molar-refractivity contribution in [3.05, 3.63) is 75.6 Å². The lowest BCUT2D eigenvalue weighted by Gasteiger charge is -2.08. The molecule has 2 rings (SSSR count). The summed E-state index contributed by atoms with van der Waals surface area (Å²) >= 11 is 5.95.